The molecule has 9 heteroatoms. The average molecular weight is 407 g/mol. The summed E-state index contributed by atoms with van der Waals surface area (Å²) in [6.07, 6.45) is 3.09. The molecule has 2 aromatic carbocycles. The molecule has 5 rings (SSSR count). The van der Waals surface area contributed by atoms with Crippen LogP contribution in [-0.2, 0) is 19.5 Å². The first-order valence-electron chi connectivity index (χ1n) is 10.1. The van der Waals surface area contributed by atoms with Gasteiger partial charge in [0.15, 0.2) is 5.82 Å². The van der Waals surface area contributed by atoms with Gasteiger partial charge < -0.3 is 10.6 Å². The number of hydrogen-bond donors (Lipinski definition) is 2. The van der Waals surface area contributed by atoms with Crippen LogP contribution < -0.4 is 10.6 Å². The number of amides is 2. The summed E-state index contributed by atoms with van der Waals surface area (Å²) in [5.41, 5.74) is 3.18. The minimum Gasteiger partial charge on any atom is -0.307 e. The number of carbonyl (C=O) groups excluding carboxylic acids is 1. The Balaban J connectivity index is 1.26. The highest BCUT2D eigenvalue weighted by Gasteiger charge is 2.29. The third-order valence-electron chi connectivity index (χ3n) is 5.53. The van der Waals surface area contributed by atoms with Gasteiger partial charge in [-0.2, -0.15) is 0 Å². The van der Waals surface area contributed by atoms with E-state index in [-0.39, 0.29) is 5.69 Å². The Labute approximate surface area is 173 Å². The molecule has 0 radical (unpaired) electrons. The number of urea groups is 1. The number of nitrogens with one attached hydrogen (secondary N) is 2. The van der Waals surface area contributed by atoms with Crippen molar-refractivity contribution in [1.29, 1.82) is 0 Å². The van der Waals surface area contributed by atoms with Crippen molar-refractivity contribution < 1.29 is 9.18 Å². The second-order valence-corrected chi connectivity index (χ2v) is 7.73. The highest BCUT2D eigenvalue weighted by atomic mass is 19.1. The minimum atomic E-state index is -0.466. The molecule has 2 aliphatic rings. The third-order valence-corrected chi connectivity index (χ3v) is 5.53. The molecule has 30 heavy (non-hydrogen) atoms. The van der Waals surface area contributed by atoms with Gasteiger partial charge >= 0.3 is 6.03 Å². The van der Waals surface area contributed by atoms with E-state index in [1.165, 1.54) is 12.1 Å². The summed E-state index contributed by atoms with van der Waals surface area (Å²) >= 11 is 0. The molecule has 1 aliphatic heterocycles. The molecule has 1 aliphatic carbocycles. The van der Waals surface area contributed by atoms with E-state index in [0.29, 0.717) is 12.6 Å². The van der Waals surface area contributed by atoms with Gasteiger partial charge in [0.05, 0.1) is 18.3 Å². The van der Waals surface area contributed by atoms with E-state index in [9.17, 15) is 9.18 Å². The van der Waals surface area contributed by atoms with Crippen LogP contribution in [0.2, 0.25) is 0 Å². The predicted molar refractivity (Wildman–Crippen MR) is 109 cm³/mol. The summed E-state index contributed by atoms with van der Waals surface area (Å²) in [6.45, 7) is 2.31. The molecule has 8 nitrogen and oxygen atoms in total. The Morgan fingerprint density at radius 3 is 2.73 bits per heavy atom. The maximum Gasteiger partial charge on any atom is 0.323 e. The van der Waals surface area contributed by atoms with Crippen molar-refractivity contribution in [3.63, 3.8) is 0 Å². The van der Waals surface area contributed by atoms with Crippen molar-refractivity contribution in [2.75, 3.05) is 17.2 Å². The first kappa shape index (κ1) is 18.7. The quantitative estimate of drug-likeness (QED) is 0.677. The zero-order valence-corrected chi connectivity index (χ0v) is 16.4. The monoisotopic (exact) mass is 407 g/mol. The highest BCUT2D eigenvalue weighted by Crippen LogP contribution is 2.35. The van der Waals surface area contributed by atoms with E-state index < -0.39 is 11.8 Å². The van der Waals surface area contributed by atoms with Gasteiger partial charge in [-0.25, -0.2) is 13.9 Å². The number of para-hydroxylation sites is 1. The summed E-state index contributed by atoms with van der Waals surface area (Å²) in [4.78, 5) is 14.7. The van der Waals surface area contributed by atoms with Gasteiger partial charge in [-0.3, -0.25) is 4.90 Å². The van der Waals surface area contributed by atoms with Crippen LogP contribution in [0.5, 0.6) is 0 Å². The summed E-state index contributed by atoms with van der Waals surface area (Å²) in [7, 11) is 0. The Bertz CT molecular complexity index is 1080. The summed E-state index contributed by atoms with van der Waals surface area (Å²) in [5.74, 6) is 0.436. The molecule has 3 aromatic rings. The van der Waals surface area contributed by atoms with Gasteiger partial charge in [0.25, 0.3) is 0 Å². The molecule has 0 atom stereocenters. The largest absolute Gasteiger partial charge is 0.323 e. The number of benzene rings is 2. The molecular formula is C21H22FN7O. The molecule has 0 bridgehead atoms. The van der Waals surface area contributed by atoms with Crippen LogP contribution in [0.25, 0.3) is 0 Å². The van der Waals surface area contributed by atoms with E-state index >= 15 is 0 Å². The number of fused-ring (bicyclic) bond motifs is 1. The van der Waals surface area contributed by atoms with Gasteiger partial charge in [-0.15, -0.1) is 5.10 Å². The number of tetrazole rings is 1. The van der Waals surface area contributed by atoms with Crippen LogP contribution >= 0.6 is 0 Å². The van der Waals surface area contributed by atoms with Crippen LogP contribution in [0.3, 0.4) is 0 Å². The first-order chi connectivity index (χ1) is 14.7. The lowest BCUT2D eigenvalue weighted by atomic mass is 9.97. The van der Waals surface area contributed by atoms with Crippen LogP contribution in [0.4, 0.5) is 20.6 Å². The van der Waals surface area contributed by atoms with Crippen molar-refractivity contribution in [2.24, 2.45) is 0 Å². The lowest BCUT2D eigenvalue weighted by molar-refractivity contribution is 0.234. The Morgan fingerprint density at radius 1 is 1.10 bits per heavy atom. The zero-order valence-electron chi connectivity index (χ0n) is 16.4. The number of aromatic nitrogens is 4. The van der Waals surface area contributed by atoms with Crippen LogP contribution in [-0.4, -0.2) is 37.7 Å². The third kappa shape index (κ3) is 3.88. The van der Waals surface area contributed by atoms with Crippen molar-refractivity contribution in [1.82, 2.24) is 25.1 Å². The van der Waals surface area contributed by atoms with Crippen molar-refractivity contribution in [2.45, 2.75) is 38.4 Å². The van der Waals surface area contributed by atoms with E-state index in [0.717, 1.165) is 55.0 Å². The standard InChI is InChI=1S/C21H22FN7O/c22-17-5-1-2-6-19(17)24-21(30)23-18-7-3-4-14-12-28(11-10-16(14)18)13-20-25-26-27-29(20)15-8-9-15/h1-7,15H,8-13H2,(H2,23,24,30). The fourth-order valence-electron chi connectivity index (χ4n) is 3.88. The number of hydrogen-bond acceptors (Lipinski definition) is 5. The van der Waals surface area contributed by atoms with Crippen molar-refractivity contribution >= 4 is 17.4 Å². The topological polar surface area (TPSA) is 88.0 Å². The summed E-state index contributed by atoms with van der Waals surface area (Å²) in [6, 6.07) is 12.0. The molecule has 2 heterocycles. The number of carbonyl (C=O) groups is 1. The maximum absolute atomic E-state index is 13.8. The first-order valence-corrected chi connectivity index (χ1v) is 10.1. The molecular weight excluding hydrogens is 385 g/mol. The van der Waals surface area contributed by atoms with Gasteiger partial charge in [0.1, 0.15) is 5.82 Å². The SMILES string of the molecule is O=C(Nc1ccccc1F)Nc1cccc2c1CCN(Cc1nnnn1C1CC1)C2. The smallest absolute Gasteiger partial charge is 0.307 e. The molecule has 1 saturated carbocycles. The lowest BCUT2D eigenvalue weighted by Gasteiger charge is -2.29. The van der Waals surface area contributed by atoms with E-state index in [1.54, 1.807) is 12.1 Å². The van der Waals surface area contributed by atoms with E-state index in [2.05, 4.69) is 37.1 Å². The van der Waals surface area contributed by atoms with Crippen molar-refractivity contribution in [3.8, 4) is 0 Å². The summed E-state index contributed by atoms with van der Waals surface area (Å²) in [5, 5.41) is 17.6. The van der Waals surface area contributed by atoms with Gasteiger partial charge in [-0.05, 0) is 59.0 Å². The second-order valence-electron chi connectivity index (χ2n) is 7.73. The molecule has 0 unspecified atom stereocenters. The van der Waals surface area contributed by atoms with Crippen LogP contribution in [0.15, 0.2) is 42.5 Å². The number of rotatable bonds is 5. The lowest BCUT2D eigenvalue weighted by Crippen LogP contribution is -2.32. The normalized spacial score (nSPS) is 16.2. The molecule has 0 saturated heterocycles. The van der Waals surface area contributed by atoms with Crippen LogP contribution in [0.1, 0.15) is 35.8 Å². The van der Waals surface area contributed by atoms with Crippen LogP contribution in [0, 0.1) is 5.82 Å². The molecule has 2 N–H and O–H groups in total. The molecule has 1 aromatic heterocycles. The molecule has 2 amide bonds. The zero-order chi connectivity index (χ0) is 20.5. The van der Waals surface area contributed by atoms with Crippen molar-refractivity contribution in [3.05, 3.63) is 65.2 Å². The molecule has 154 valence electrons. The molecule has 1 fully saturated rings. The summed E-state index contributed by atoms with van der Waals surface area (Å²) < 4.78 is 15.7. The fourth-order valence-corrected chi connectivity index (χ4v) is 3.88. The Hall–Kier alpha value is -3.33. The second kappa shape index (κ2) is 7.83. The minimum absolute atomic E-state index is 0.152. The number of nitrogens with zero attached hydrogens (tertiary/aromatic N) is 5. The van der Waals surface area contributed by atoms with Gasteiger partial charge in [0.2, 0.25) is 0 Å². The average Bonchev–Trinajstić information content (AvgIpc) is 3.49. The fraction of sp³-hybridized carbons (Fsp3) is 0.333. The highest BCUT2D eigenvalue weighted by molar-refractivity contribution is 6.00. The predicted octanol–water partition coefficient (Wildman–Crippen LogP) is 3.35. The van der Waals surface area contributed by atoms with E-state index in [1.807, 2.05) is 16.8 Å². The Morgan fingerprint density at radius 2 is 1.90 bits per heavy atom. The van der Waals surface area contributed by atoms with Gasteiger partial charge in [-0.1, -0.05) is 24.3 Å². The molecule has 0 spiro atoms. The van der Waals surface area contributed by atoms with Gasteiger partial charge in [0, 0.05) is 18.8 Å². The Kier molecular flexibility index (Phi) is 4.88. The number of halogens is 1. The van der Waals surface area contributed by atoms with E-state index in [4.69, 9.17) is 0 Å². The number of anilines is 2. The maximum atomic E-state index is 13.8.